The highest BCUT2D eigenvalue weighted by atomic mass is 32.2. The molecule has 2 aromatic heterocycles. The Bertz CT molecular complexity index is 1470. The van der Waals surface area contributed by atoms with Crippen LogP contribution in [0.2, 0.25) is 0 Å². The average Bonchev–Trinajstić information content (AvgIpc) is 2.83. The summed E-state index contributed by atoms with van der Waals surface area (Å²) in [7, 11) is -2.41. The molecule has 0 aliphatic rings. The van der Waals surface area contributed by atoms with Gasteiger partial charge in [0.2, 0.25) is 0 Å². The largest absolute Gasteiger partial charge is 0.495 e. The predicted octanol–water partition coefficient (Wildman–Crippen LogP) is 4.24. The van der Waals surface area contributed by atoms with E-state index in [1.807, 2.05) is 6.92 Å². The van der Waals surface area contributed by atoms with Crippen molar-refractivity contribution in [3.63, 3.8) is 0 Å². The summed E-state index contributed by atoms with van der Waals surface area (Å²) in [5.74, 6) is 7.17. The molecule has 1 N–H and O–H groups in total. The molecule has 7 nitrogen and oxygen atoms in total. The van der Waals surface area contributed by atoms with E-state index in [1.165, 1.54) is 6.07 Å². The van der Waals surface area contributed by atoms with Gasteiger partial charge in [-0.15, -0.1) is 0 Å². The van der Waals surface area contributed by atoms with Crippen LogP contribution in [0.15, 0.2) is 78.1 Å². The smallest absolute Gasteiger partial charge is 0.264 e. The fourth-order valence-electron chi connectivity index (χ4n) is 3.29. The molecule has 2 heterocycles. The monoisotopic (exact) mass is 459 g/mol. The minimum Gasteiger partial charge on any atom is -0.495 e. The topological polar surface area (TPSA) is 90.4 Å². The highest BCUT2D eigenvalue weighted by molar-refractivity contribution is 7.93. The van der Waals surface area contributed by atoms with E-state index in [1.54, 1.807) is 74.2 Å². The summed E-state index contributed by atoms with van der Waals surface area (Å²) in [4.78, 5) is 8.42. The maximum Gasteiger partial charge on any atom is 0.264 e. The summed E-state index contributed by atoms with van der Waals surface area (Å²) in [6, 6.07) is 15.3. The van der Waals surface area contributed by atoms with E-state index in [0.29, 0.717) is 45.8 Å². The number of para-hydroxylation sites is 1. The van der Waals surface area contributed by atoms with Crippen molar-refractivity contribution < 1.29 is 17.9 Å². The fourth-order valence-corrected chi connectivity index (χ4v) is 4.53. The van der Waals surface area contributed by atoms with Crippen LogP contribution in [-0.2, 0) is 10.0 Å². The first-order valence-electron chi connectivity index (χ1n) is 10.2. The summed E-state index contributed by atoms with van der Waals surface area (Å²) in [5.41, 5.74) is 1.79. The number of ether oxygens (including phenoxy) is 2. The van der Waals surface area contributed by atoms with Crippen LogP contribution in [0, 0.1) is 11.8 Å². The highest BCUT2D eigenvalue weighted by Crippen LogP contribution is 2.31. The maximum atomic E-state index is 13.3. The number of benzene rings is 2. The minimum absolute atomic E-state index is 0.0539. The molecule has 0 bridgehead atoms. The molecule has 2 aromatic carbocycles. The normalized spacial score (nSPS) is 10.8. The Morgan fingerprint density at radius 2 is 1.76 bits per heavy atom. The van der Waals surface area contributed by atoms with Crippen molar-refractivity contribution in [1.29, 1.82) is 0 Å². The molecule has 0 aliphatic carbocycles. The number of rotatable bonds is 6. The van der Waals surface area contributed by atoms with E-state index in [2.05, 4.69) is 26.5 Å². The van der Waals surface area contributed by atoms with Crippen LogP contribution in [0.25, 0.3) is 10.9 Å². The first-order valence-corrected chi connectivity index (χ1v) is 11.6. The van der Waals surface area contributed by atoms with Crippen molar-refractivity contribution in [2.75, 3.05) is 18.4 Å². The second-order valence-corrected chi connectivity index (χ2v) is 8.52. The molecule has 4 rings (SSSR count). The lowest BCUT2D eigenvalue weighted by Crippen LogP contribution is -2.15. The van der Waals surface area contributed by atoms with Gasteiger partial charge < -0.3 is 9.47 Å². The van der Waals surface area contributed by atoms with Gasteiger partial charge in [-0.3, -0.25) is 14.7 Å². The summed E-state index contributed by atoms with van der Waals surface area (Å²) < 4.78 is 40.3. The Balaban J connectivity index is 1.73. The Kier molecular flexibility index (Phi) is 6.43. The van der Waals surface area contributed by atoms with Crippen molar-refractivity contribution in [3.8, 4) is 23.3 Å². The quantitative estimate of drug-likeness (QED) is 0.434. The molecule has 166 valence electrons. The molecule has 0 saturated carbocycles. The van der Waals surface area contributed by atoms with E-state index in [4.69, 9.17) is 9.47 Å². The molecule has 33 heavy (non-hydrogen) atoms. The maximum absolute atomic E-state index is 13.3. The Morgan fingerprint density at radius 3 is 2.58 bits per heavy atom. The molecular weight excluding hydrogens is 438 g/mol. The molecule has 0 unspecified atom stereocenters. The number of methoxy groups -OCH3 is 1. The molecule has 0 aliphatic heterocycles. The molecule has 0 fully saturated rings. The predicted molar refractivity (Wildman–Crippen MR) is 127 cm³/mol. The first kappa shape index (κ1) is 22.1. The van der Waals surface area contributed by atoms with Crippen molar-refractivity contribution in [3.05, 3.63) is 84.3 Å². The Morgan fingerprint density at radius 1 is 0.939 bits per heavy atom. The van der Waals surface area contributed by atoms with Gasteiger partial charge in [-0.05, 0) is 49.4 Å². The lowest BCUT2D eigenvalue weighted by Gasteiger charge is -2.13. The van der Waals surface area contributed by atoms with Crippen LogP contribution >= 0.6 is 0 Å². The molecule has 0 saturated heterocycles. The van der Waals surface area contributed by atoms with Crippen molar-refractivity contribution in [2.45, 2.75) is 11.8 Å². The van der Waals surface area contributed by atoms with Gasteiger partial charge in [0.1, 0.15) is 16.4 Å². The van der Waals surface area contributed by atoms with Gasteiger partial charge >= 0.3 is 0 Å². The first-order chi connectivity index (χ1) is 16.0. The fraction of sp³-hybridized carbons (Fsp3) is 0.120. The van der Waals surface area contributed by atoms with Crippen LogP contribution in [0.1, 0.15) is 18.1 Å². The Hall–Kier alpha value is -4.09. The number of pyridine rings is 2. The van der Waals surface area contributed by atoms with Crippen molar-refractivity contribution in [2.24, 2.45) is 0 Å². The highest BCUT2D eigenvalue weighted by Gasteiger charge is 2.21. The molecule has 4 aromatic rings. The molecule has 8 heteroatoms. The summed E-state index contributed by atoms with van der Waals surface area (Å²) in [5, 5.41) is 0.624. The number of anilines is 1. The number of aromatic nitrogens is 2. The number of fused-ring (bicyclic) bond motifs is 1. The van der Waals surface area contributed by atoms with Gasteiger partial charge in [0.25, 0.3) is 10.0 Å². The lowest BCUT2D eigenvalue weighted by molar-refractivity contribution is 0.344. The van der Waals surface area contributed by atoms with Crippen LogP contribution in [0.5, 0.6) is 11.5 Å². The van der Waals surface area contributed by atoms with Gasteiger partial charge in [0.15, 0.2) is 0 Å². The number of sulfonamides is 1. The number of nitrogens with zero attached hydrogens (tertiary/aromatic N) is 2. The van der Waals surface area contributed by atoms with E-state index < -0.39 is 10.0 Å². The minimum atomic E-state index is -3.96. The van der Waals surface area contributed by atoms with E-state index in [9.17, 15) is 8.42 Å². The standard InChI is InChI=1S/C25H21N3O4S/c1-3-32-23-12-13-24(25-20(23)8-6-15-27-25)33(29,30)28-21-9-5-4-7-18(21)10-11-19-17-26-16-14-22(19)31-2/h4-9,12-17,28H,3H2,1-2H3. The molecule has 0 atom stereocenters. The van der Waals surface area contributed by atoms with Crippen molar-refractivity contribution in [1.82, 2.24) is 9.97 Å². The second-order valence-electron chi connectivity index (χ2n) is 6.87. The van der Waals surface area contributed by atoms with Gasteiger partial charge in [0.05, 0.1) is 30.5 Å². The number of hydrogen-bond acceptors (Lipinski definition) is 6. The van der Waals surface area contributed by atoms with Crippen molar-refractivity contribution >= 4 is 26.6 Å². The zero-order valence-electron chi connectivity index (χ0n) is 18.1. The molecule has 0 radical (unpaired) electrons. The van der Waals surface area contributed by atoms with Gasteiger partial charge in [0, 0.05) is 29.5 Å². The summed E-state index contributed by atoms with van der Waals surface area (Å²) in [6.45, 7) is 2.33. The van der Waals surface area contributed by atoms with Gasteiger partial charge in [-0.2, -0.15) is 0 Å². The third kappa shape index (κ3) is 4.73. The Labute approximate surface area is 192 Å². The zero-order chi connectivity index (χ0) is 23.3. The third-order valence-corrected chi connectivity index (χ3v) is 6.18. The molecule has 0 spiro atoms. The number of hydrogen-bond donors (Lipinski definition) is 1. The lowest BCUT2D eigenvalue weighted by atomic mass is 10.1. The summed E-state index contributed by atoms with van der Waals surface area (Å²) >= 11 is 0. The summed E-state index contributed by atoms with van der Waals surface area (Å²) in [6.07, 6.45) is 4.76. The number of nitrogens with one attached hydrogen (secondary N) is 1. The van der Waals surface area contributed by atoms with Crippen LogP contribution in [0.4, 0.5) is 5.69 Å². The zero-order valence-corrected chi connectivity index (χ0v) is 18.9. The van der Waals surface area contributed by atoms with Crippen LogP contribution < -0.4 is 14.2 Å². The molecule has 0 amide bonds. The van der Waals surface area contributed by atoms with E-state index in [0.717, 1.165) is 0 Å². The third-order valence-electron chi connectivity index (χ3n) is 4.79. The SMILES string of the molecule is CCOc1ccc(S(=O)(=O)Nc2ccccc2C#Cc2cnccc2OC)c2ncccc12. The van der Waals surface area contributed by atoms with Crippen LogP contribution in [-0.4, -0.2) is 32.1 Å². The molecular formula is C25H21N3O4S. The van der Waals surface area contributed by atoms with Gasteiger partial charge in [-0.1, -0.05) is 24.0 Å². The van der Waals surface area contributed by atoms with E-state index in [-0.39, 0.29) is 4.90 Å². The second kappa shape index (κ2) is 9.59. The van der Waals surface area contributed by atoms with E-state index >= 15 is 0 Å². The average molecular weight is 460 g/mol. The van der Waals surface area contributed by atoms with Gasteiger partial charge in [-0.25, -0.2) is 8.42 Å². The van der Waals surface area contributed by atoms with Crippen LogP contribution in [0.3, 0.4) is 0 Å².